The molecule has 1 aromatic heterocycles. The van der Waals surface area contributed by atoms with E-state index in [1.54, 1.807) is 12.4 Å². The highest BCUT2D eigenvalue weighted by Crippen LogP contribution is 2.18. The average Bonchev–Trinajstić information content (AvgIpc) is 2.35. The first-order chi connectivity index (χ1) is 8.65. The van der Waals surface area contributed by atoms with Gasteiger partial charge in [0, 0.05) is 25.5 Å². The molecule has 0 saturated carbocycles. The Kier molecular flexibility index (Phi) is 4.44. The molecular weight excluding hydrogens is 295 g/mol. The molecule has 0 aliphatic heterocycles. The van der Waals surface area contributed by atoms with Crippen LogP contribution in [0, 0.1) is 5.82 Å². The maximum Gasteiger partial charge on any atom is 0.137 e. The molecular formula is C14H14BrFN2. The second-order valence-corrected chi connectivity index (χ2v) is 5.13. The van der Waals surface area contributed by atoms with Crippen LogP contribution in [0.25, 0.3) is 0 Å². The van der Waals surface area contributed by atoms with Crippen molar-refractivity contribution in [2.45, 2.75) is 13.1 Å². The van der Waals surface area contributed by atoms with Crippen LogP contribution in [-0.2, 0) is 13.1 Å². The Morgan fingerprint density at radius 3 is 2.44 bits per heavy atom. The molecule has 2 rings (SSSR count). The third kappa shape index (κ3) is 3.62. The van der Waals surface area contributed by atoms with Gasteiger partial charge in [0.25, 0.3) is 0 Å². The van der Waals surface area contributed by atoms with Gasteiger partial charge in [-0.2, -0.15) is 0 Å². The van der Waals surface area contributed by atoms with Crippen molar-refractivity contribution in [1.82, 2.24) is 9.88 Å². The molecule has 94 valence electrons. The number of nitrogens with zero attached hydrogens (tertiary/aromatic N) is 2. The first kappa shape index (κ1) is 13.2. The number of rotatable bonds is 4. The number of aromatic nitrogens is 1. The van der Waals surface area contributed by atoms with Crippen LogP contribution in [0.4, 0.5) is 4.39 Å². The molecule has 1 heterocycles. The van der Waals surface area contributed by atoms with E-state index in [9.17, 15) is 4.39 Å². The summed E-state index contributed by atoms with van der Waals surface area (Å²) in [6, 6.07) is 9.11. The van der Waals surface area contributed by atoms with E-state index in [-0.39, 0.29) is 5.82 Å². The molecule has 4 heteroatoms. The average molecular weight is 309 g/mol. The standard InChI is InChI=1S/C14H14BrFN2/c1-18(9-11-4-6-17-7-5-11)10-12-2-3-14(16)13(15)8-12/h2-8H,9-10H2,1H3. The maximum atomic E-state index is 13.1. The summed E-state index contributed by atoms with van der Waals surface area (Å²) in [5.41, 5.74) is 2.30. The lowest BCUT2D eigenvalue weighted by atomic mass is 10.2. The predicted octanol–water partition coefficient (Wildman–Crippen LogP) is 3.62. The molecule has 0 atom stereocenters. The van der Waals surface area contributed by atoms with E-state index in [2.05, 4.69) is 25.8 Å². The Hall–Kier alpha value is -1.26. The number of hydrogen-bond donors (Lipinski definition) is 0. The number of pyridine rings is 1. The lowest BCUT2D eigenvalue weighted by molar-refractivity contribution is 0.319. The van der Waals surface area contributed by atoms with Gasteiger partial charge in [-0.25, -0.2) is 4.39 Å². The Labute approximate surface area is 115 Å². The topological polar surface area (TPSA) is 16.1 Å². The van der Waals surface area contributed by atoms with E-state index in [0.29, 0.717) is 4.47 Å². The molecule has 0 aliphatic rings. The van der Waals surface area contributed by atoms with Crippen molar-refractivity contribution in [1.29, 1.82) is 0 Å². The van der Waals surface area contributed by atoms with E-state index in [4.69, 9.17) is 0 Å². The monoisotopic (exact) mass is 308 g/mol. The Bertz CT molecular complexity index is 516. The summed E-state index contributed by atoms with van der Waals surface area (Å²) >= 11 is 3.20. The minimum Gasteiger partial charge on any atom is -0.298 e. The Morgan fingerprint density at radius 2 is 1.78 bits per heavy atom. The van der Waals surface area contributed by atoms with Crippen LogP contribution < -0.4 is 0 Å². The molecule has 0 bridgehead atoms. The molecule has 0 unspecified atom stereocenters. The fraction of sp³-hybridized carbons (Fsp3) is 0.214. The molecule has 2 aromatic rings. The first-order valence-electron chi connectivity index (χ1n) is 5.66. The molecule has 18 heavy (non-hydrogen) atoms. The van der Waals surface area contributed by atoms with Crippen LogP contribution in [0.2, 0.25) is 0 Å². The molecule has 0 fully saturated rings. The first-order valence-corrected chi connectivity index (χ1v) is 6.46. The third-order valence-electron chi connectivity index (χ3n) is 2.64. The molecule has 0 aliphatic carbocycles. The number of halogens is 2. The van der Waals surface area contributed by atoms with Gasteiger partial charge in [0.15, 0.2) is 0 Å². The Morgan fingerprint density at radius 1 is 1.11 bits per heavy atom. The van der Waals surface area contributed by atoms with Gasteiger partial charge in [0.2, 0.25) is 0 Å². The van der Waals surface area contributed by atoms with Crippen molar-refractivity contribution in [2.24, 2.45) is 0 Å². The fourth-order valence-corrected chi connectivity index (χ4v) is 2.23. The summed E-state index contributed by atoms with van der Waals surface area (Å²) in [4.78, 5) is 6.17. The van der Waals surface area contributed by atoms with Gasteiger partial charge < -0.3 is 0 Å². The van der Waals surface area contributed by atoms with Crippen molar-refractivity contribution in [3.8, 4) is 0 Å². The normalized spacial score (nSPS) is 10.9. The quantitative estimate of drug-likeness (QED) is 0.857. The van der Waals surface area contributed by atoms with Crippen LogP contribution >= 0.6 is 15.9 Å². The second-order valence-electron chi connectivity index (χ2n) is 4.28. The highest BCUT2D eigenvalue weighted by atomic mass is 79.9. The van der Waals surface area contributed by atoms with Crippen LogP contribution in [-0.4, -0.2) is 16.9 Å². The van der Waals surface area contributed by atoms with Gasteiger partial charge in [-0.15, -0.1) is 0 Å². The summed E-state index contributed by atoms with van der Waals surface area (Å²) in [6.45, 7) is 1.62. The van der Waals surface area contributed by atoms with Crippen molar-refractivity contribution in [3.63, 3.8) is 0 Å². The van der Waals surface area contributed by atoms with Crippen LogP contribution in [0.1, 0.15) is 11.1 Å². The SMILES string of the molecule is CN(Cc1ccncc1)Cc1ccc(F)c(Br)c1. The van der Waals surface area contributed by atoms with Gasteiger partial charge in [-0.1, -0.05) is 6.07 Å². The molecule has 1 aromatic carbocycles. The van der Waals surface area contributed by atoms with Crippen LogP contribution in [0.15, 0.2) is 47.2 Å². The van der Waals surface area contributed by atoms with E-state index in [1.807, 2.05) is 31.3 Å². The van der Waals surface area contributed by atoms with E-state index in [1.165, 1.54) is 11.6 Å². The van der Waals surface area contributed by atoms with Crippen LogP contribution in [0.5, 0.6) is 0 Å². The largest absolute Gasteiger partial charge is 0.298 e. The zero-order chi connectivity index (χ0) is 13.0. The van der Waals surface area contributed by atoms with E-state index in [0.717, 1.165) is 18.7 Å². The fourth-order valence-electron chi connectivity index (χ4n) is 1.81. The molecule has 0 amide bonds. The molecule has 2 nitrogen and oxygen atoms in total. The zero-order valence-corrected chi connectivity index (χ0v) is 11.7. The van der Waals surface area contributed by atoms with Crippen molar-refractivity contribution in [2.75, 3.05) is 7.05 Å². The third-order valence-corrected chi connectivity index (χ3v) is 3.25. The van der Waals surface area contributed by atoms with Gasteiger partial charge in [0.05, 0.1) is 4.47 Å². The maximum absolute atomic E-state index is 13.1. The van der Waals surface area contributed by atoms with Gasteiger partial charge >= 0.3 is 0 Å². The van der Waals surface area contributed by atoms with E-state index >= 15 is 0 Å². The number of benzene rings is 1. The second kappa shape index (κ2) is 6.07. The lowest BCUT2D eigenvalue weighted by Crippen LogP contribution is -2.17. The lowest BCUT2D eigenvalue weighted by Gasteiger charge is -2.16. The summed E-state index contributed by atoms with van der Waals surface area (Å²) < 4.78 is 13.6. The van der Waals surface area contributed by atoms with Gasteiger partial charge in [-0.3, -0.25) is 9.88 Å². The smallest absolute Gasteiger partial charge is 0.137 e. The number of hydrogen-bond acceptors (Lipinski definition) is 2. The summed E-state index contributed by atoms with van der Waals surface area (Å²) in [5.74, 6) is -0.226. The molecule has 0 radical (unpaired) electrons. The van der Waals surface area contributed by atoms with E-state index < -0.39 is 0 Å². The van der Waals surface area contributed by atoms with Gasteiger partial charge in [-0.05, 0) is 58.4 Å². The summed E-state index contributed by atoms with van der Waals surface area (Å²) in [6.07, 6.45) is 3.58. The Balaban J connectivity index is 1.99. The van der Waals surface area contributed by atoms with Crippen molar-refractivity contribution in [3.05, 3.63) is 64.1 Å². The van der Waals surface area contributed by atoms with Crippen molar-refractivity contribution < 1.29 is 4.39 Å². The zero-order valence-electron chi connectivity index (χ0n) is 10.1. The molecule has 0 spiro atoms. The summed E-state index contributed by atoms with van der Waals surface area (Å²) in [5, 5.41) is 0. The molecule has 0 N–H and O–H groups in total. The molecule has 0 saturated heterocycles. The van der Waals surface area contributed by atoms with Crippen LogP contribution in [0.3, 0.4) is 0 Å². The predicted molar refractivity (Wildman–Crippen MR) is 73.5 cm³/mol. The highest BCUT2D eigenvalue weighted by molar-refractivity contribution is 9.10. The summed E-state index contributed by atoms with van der Waals surface area (Å²) in [7, 11) is 2.04. The minimum absolute atomic E-state index is 0.226. The highest BCUT2D eigenvalue weighted by Gasteiger charge is 2.04. The minimum atomic E-state index is -0.226. The van der Waals surface area contributed by atoms with Crippen molar-refractivity contribution >= 4 is 15.9 Å². The van der Waals surface area contributed by atoms with Gasteiger partial charge in [0.1, 0.15) is 5.82 Å².